The van der Waals surface area contributed by atoms with Crippen molar-refractivity contribution in [1.82, 2.24) is 10.2 Å². The monoisotopic (exact) mass is 292 g/mol. The third-order valence-corrected chi connectivity index (χ3v) is 5.02. The zero-order chi connectivity index (χ0) is 14.5. The van der Waals surface area contributed by atoms with Crippen molar-refractivity contribution in [3.63, 3.8) is 0 Å². The fourth-order valence-corrected chi connectivity index (χ4v) is 3.54. The number of nitrogens with one attached hydrogen (secondary N) is 1. The highest BCUT2D eigenvalue weighted by Crippen LogP contribution is 2.24. The normalized spacial score (nSPS) is 19.1. The first-order chi connectivity index (χ1) is 9.60. The SMILES string of the molecule is CNC1CCCN(C(=O)CSc2ccc(C)cc2C)C1. The highest BCUT2D eigenvalue weighted by molar-refractivity contribution is 8.00. The quantitative estimate of drug-likeness (QED) is 0.866. The Morgan fingerprint density at radius 1 is 1.45 bits per heavy atom. The van der Waals surface area contributed by atoms with E-state index in [1.54, 1.807) is 11.8 Å². The van der Waals surface area contributed by atoms with E-state index in [2.05, 4.69) is 37.4 Å². The first-order valence-electron chi connectivity index (χ1n) is 7.25. The molecule has 1 N–H and O–H groups in total. The maximum atomic E-state index is 12.3. The molecule has 0 radical (unpaired) electrons. The number of benzene rings is 1. The van der Waals surface area contributed by atoms with Crippen LogP contribution >= 0.6 is 11.8 Å². The number of amides is 1. The van der Waals surface area contributed by atoms with Gasteiger partial charge in [0.2, 0.25) is 5.91 Å². The van der Waals surface area contributed by atoms with Gasteiger partial charge in [-0.2, -0.15) is 0 Å². The second-order valence-electron chi connectivity index (χ2n) is 5.53. The topological polar surface area (TPSA) is 32.3 Å². The molecule has 0 aliphatic carbocycles. The average Bonchev–Trinajstić information content (AvgIpc) is 2.46. The van der Waals surface area contributed by atoms with Gasteiger partial charge in [0.05, 0.1) is 5.75 Å². The molecule has 0 aromatic heterocycles. The van der Waals surface area contributed by atoms with Crippen molar-refractivity contribution in [2.45, 2.75) is 37.6 Å². The van der Waals surface area contributed by atoms with Crippen molar-refractivity contribution in [1.29, 1.82) is 0 Å². The van der Waals surface area contributed by atoms with Gasteiger partial charge in [-0.15, -0.1) is 11.8 Å². The van der Waals surface area contributed by atoms with Crippen LogP contribution in [0.25, 0.3) is 0 Å². The number of carbonyl (C=O) groups is 1. The Morgan fingerprint density at radius 2 is 2.25 bits per heavy atom. The maximum absolute atomic E-state index is 12.3. The Balaban J connectivity index is 1.88. The maximum Gasteiger partial charge on any atom is 0.232 e. The number of aryl methyl sites for hydroxylation is 2. The fraction of sp³-hybridized carbons (Fsp3) is 0.562. The molecule has 0 bridgehead atoms. The molecule has 1 unspecified atom stereocenters. The van der Waals surface area contributed by atoms with Gasteiger partial charge >= 0.3 is 0 Å². The van der Waals surface area contributed by atoms with Crippen LogP contribution < -0.4 is 5.32 Å². The lowest BCUT2D eigenvalue weighted by Crippen LogP contribution is -2.47. The van der Waals surface area contributed by atoms with Crippen LogP contribution in [0.4, 0.5) is 0 Å². The molecule has 2 rings (SSSR count). The van der Waals surface area contributed by atoms with Crippen molar-refractivity contribution in [2.75, 3.05) is 25.9 Å². The molecule has 1 heterocycles. The van der Waals surface area contributed by atoms with Gasteiger partial charge in [0, 0.05) is 24.0 Å². The Bertz CT molecular complexity index is 476. The van der Waals surface area contributed by atoms with Crippen LogP contribution in [0.1, 0.15) is 24.0 Å². The van der Waals surface area contributed by atoms with E-state index in [9.17, 15) is 4.79 Å². The molecule has 0 spiro atoms. The van der Waals surface area contributed by atoms with Gasteiger partial charge in [-0.1, -0.05) is 17.7 Å². The first kappa shape index (κ1) is 15.4. The number of hydrogen-bond donors (Lipinski definition) is 1. The fourth-order valence-electron chi connectivity index (χ4n) is 2.63. The number of carbonyl (C=O) groups excluding carboxylic acids is 1. The lowest BCUT2D eigenvalue weighted by Gasteiger charge is -2.32. The zero-order valence-corrected chi connectivity index (χ0v) is 13.4. The summed E-state index contributed by atoms with van der Waals surface area (Å²) in [6.45, 7) is 5.96. The Morgan fingerprint density at radius 3 is 2.95 bits per heavy atom. The van der Waals surface area contributed by atoms with Gasteiger partial charge in [0.25, 0.3) is 0 Å². The molecule has 1 aromatic carbocycles. The van der Waals surface area contributed by atoms with E-state index in [-0.39, 0.29) is 5.91 Å². The number of hydrogen-bond acceptors (Lipinski definition) is 3. The number of piperidine rings is 1. The van der Waals surface area contributed by atoms with E-state index in [0.717, 1.165) is 19.5 Å². The lowest BCUT2D eigenvalue weighted by molar-refractivity contribution is -0.129. The molecule has 20 heavy (non-hydrogen) atoms. The van der Waals surface area contributed by atoms with Crippen LogP contribution in [0.2, 0.25) is 0 Å². The predicted molar refractivity (Wildman–Crippen MR) is 85.3 cm³/mol. The average molecular weight is 292 g/mol. The van der Waals surface area contributed by atoms with Crippen molar-refractivity contribution in [3.8, 4) is 0 Å². The molecule has 1 saturated heterocycles. The largest absolute Gasteiger partial charge is 0.340 e. The summed E-state index contributed by atoms with van der Waals surface area (Å²) in [6, 6.07) is 6.86. The minimum Gasteiger partial charge on any atom is -0.340 e. The molecule has 1 atom stereocenters. The Hall–Kier alpha value is -1.00. The first-order valence-corrected chi connectivity index (χ1v) is 8.24. The highest BCUT2D eigenvalue weighted by Gasteiger charge is 2.22. The van der Waals surface area contributed by atoms with E-state index in [4.69, 9.17) is 0 Å². The summed E-state index contributed by atoms with van der Waals surface area (Å²) in [5.41, 5.74) is 2.53. The van der Waals surface area contributed by atoms with Crippen LogP contribution in [-0.4, -0.2) is 42.7 Å². The lowest BCUT2D eigenvalue weighted by atomic mass is 10.1. The van der Waals surface area contributed by atoms with E-state index >= 15 is 0 Å². The van der Waals surface area contributed by atoms with Crippen molar-refractivity contribution in [3.05, 3.63) is 29.3 Å². The molecule has 1 aromatic rings. The predicted octanol–water partition coefficient (Wildman–Crippen LogP) is 2.61. The Labute approximate surface area is 126 Å². The summed E-state index contributed by atoms with van der Waals surface area (Å²) in [5.74, 6) is 0.801. The third-order valence-electron chi connectivity index (χ3n) is 3.86. The number of likely N-dealkylation sites (tertiary alicyclic amines) is 1. The molecule has 3 nitrogen and oxygen atoms in total. The highest BCUT2D eigenvalue weighted by atomic mass is 32.2. The molecule has 4 heteroatoms. The third kappa shape index (κ3) is 4.00. The second kappa shape index (κ2) is 7.14. The molecular formula is C16H24N2OS. The molecule has 110 valence electrons. The standard InChI is InChI=1S/C16H24N2OS/c1-12-6-7-15(13(2)9-12)20-11-16(19)18-8-4-5-14(10-18)17-3/h6-7,9,14,17H,4-5,8,10-11H2,1-3H3. The van der Waals surface area contributed by atoms with Crippen LogP contribution in [0, 0.1) is 13.8 Å². The van der Waals surface area contributed by atoms with E-state index in [1.807, 2.05) is 11.9 Å². The number of likely N-dealkylation sites (N-methyl/N-ethyl adjacent to an activating group) is 1. The van der Waals surface area contributed by atoms with Crippen molar-refractivity contribution >= 4 is 17.7 Å². The van der Waals surface area contributed by atoms with E-state index in [1.165, 1.54) is 22.4 Å². The van der Waals surface area contributed by atoms with Crippen molar-refractivity contribution in [2.24, 2.45) is 0 Å². The summed E-state index contributed by atoms with van der Waals surface area (Å²) < 4.78 is 0. The number of rotatable bonds is 4. The van der Waals surface area contributed by atoms with Gasteiger partial charge in [0.15, 0.2) is 0 Å². The van der Waals surface area contributed by atoms with E-state index in [0.29, 0.717) is 11.8 Å². The van der Waals surface area contributed by atoms with Gasteiger partial charge in [-0.25, -0.2) is 0 Å². The second-order valence-corrected chi connectivity index (χ2v) is 6.54. The van der Waals surface area contributed by atoms with Gasteiger partial charge in [-0.3, -0.25) is 4.79 Å². The minimum absolute atomic E-state index is 0.259. The summed E-state index contributed by atoms with van der Waals surface area (Å²) in [4.78, 5) is 15.5. The minimum atomic E-state index is 0.259. The molecule has 1 aliphatic rings. The number of thioether (sulfide) groups is 1. The van der Waals surface area contributed by atoms with Crippen LogP contribution in [0.3, 0.4) is 0 Å². The zero-order valence-electron chi connectivity index (χ0n) is 12.6. The van der Waals surface area contributed by atoms with Crippen molar-refractivity contribution < 1.29 is 4.79 Å². The van der Waals surface area contributed by atoms with Crippen LogP contribution in [0.5, 0.6) is 0 Å². The molecule has 0 saturated carbocycles. The van der Waals surface area contributed by atoms with Crippen LogP contribution in [-0.2, 0) is 4.79 Å². The van der Waals surface area contributed by atoms with E-state index < -0.39 is 0 Å². The molecule has 1 aliphatic heterocycles. The van der Waals surface area contributed by atoms with Gasteiger partial charge in [0.1, 0.15) is 0 Å². The molecular weight excluding hydrogens is 268 g/mol. The summed E-state index contributed by atoms with van der Waals surface area (Å²) >= 11 is 1.65. The molecule has 1 amide bonds. The molecule has 1 fully saturated rings. The van der Waals surface area contributed by atoms with Gasteiger partial charge < -0.3 is 10.2 Å². The Kier molecular flexibility index (Phi) is 5.49. The summed E-state index contributed by atoms with van der Waals surface area (Å²) in [7, 11) is 1.98. The van der Waals surface area contributed by atoms with Crippen LogP contribution in [0.15, 0.2) is 23.1 Å². The smallest absolute Gasteiger partial charge is 0.232 e. The summed E-state index contributed by atoms with van der Waals surface area (Å²) in [5, 5.41) is 3.28. The number of nitrogens with zero attached hydrogens (tertiary/aromatic N) is 1. The summed E-state index contributed by atoms with van der Waals surface area (Å²) in [6.07, 6.45) is 2.27. The van der Waals surface area contributed by atoms with Gasteiger partial charge in [-0.05, 0) is 45.4 Å².